The van der Waals surface area contributed by atoms with Crippen LogP contribution >= 0.6 is 0 Å². The molecule has 118 valence electrons. The second kappa shape index (κ2) is 7.85. The lowest BCUT2D eigenvalue weighted by molar-refractivity contribution is 0.143. The highest BCUT2D eigenvalue weighted by Crippen LogP contribution is 2.24. The van der Waals surface area contributed by atoms with Gasteiger partial charge in [-0.2, -0.15) is 0 Å². The van der Waals surface area contributed by atoms with Gasteiger partial charge in [0.25, 0.3) is 0 Å². The van der Waals surface area contributed by atoms with Gasteiger partial charge in [-0.05, 0) is 45.3 Å². The van der Waals surface area contributed by atoms with Gasteiger partial charge in [0.15, 0.2) is 11.6 Å². The SMILES string of the molecule is CCCNC(CN1CCCCC1C)c1cccc(F)c1F. The Labute approximate surface area is 126 Å². The van der Waals surface area contributed by atoms with Gasteiger partial charge in [0, 0.05) is 24.2 Å². The molecule has 4 heteroatoms. The van der Waals surface area contributed by atoms with E-state index in [-0.39, 0.29) is 6.04 Å². The first-order valence-electron chi connectivity index (χ1n) is 8.04. The van der Waals surface area contributed by atoms with Crippen molar-refractivity contribution in [2.24, 2.45) is 0 Å². The van der Waals surface area contributed by atoms with Gasteiger partial charge < -0.3 is 5.32 Å². The predicted octanol–water partition coefficient (Wildman–Crippen LogP) is 3.88. The van der Waals surface area contributed by atoms with Crippen LogP contribution in [0.5, 0.6) is 0 Å². The zero-order chi connectivity index (χ0) is 15.2. The van der Waals surface area contributed by atoms with Crippen LogP contribution in [0, 0.1) is 11.6 Å². The van der Waals surface area contributed by atoms with Crippen LogP contribution in [-0.4, -0.2) is 30.6 Å². The molecule has 2 rings (SSSR count). The van der Waals surface area contributed by atoms with E-state index < -0.39 is 11.6 Å². The fraction of sp³-hybridized carbons (Fsp3) is 0.647. The third-order valence-electron chi connectivity index (χ3n) is 4.36. The Kier molecular flexibility index (Phi) is 6.12. The zero-order valence-corrected chi connectivity index (χ0v) is 13.0. The predicted molar refractivity (Wildman–Crippen MR) is 82.3 cm³/mol. The number of benzene rings is 1. The van der Waals surface area contributed by atoms with Gasteiger partial charge in [-0.15, -0.1) is 0 Å². The Morgan fingerprint density at radius 2 is 2.14 bits per heavy atom. The summed E-state index contributed by atoms with van der Waals surface area (Å²) in [6.07, 6.45) is 4.62. The molecule has 0 bridgehead atoms. The lowest BCUT2D eigenvalue weighted by Gasteiger charge is -2.36. The maximum absolute atomic E-state index is 14.1. The second-order valence-electron chi connectivity index (χ2n) is 5.99. The van der Waals surface area contributed by atoms with Crippen molar-refractivity contribution in [1.82, 2.24) is 10.2 Å². The number of nitrogens with zero attached hydrogens (tertiary/aromatic N) is 1. The van der Waals surface area contributed by atoms with Gasteiger partial charge in [0.2, 0.25) is 0 Å². The number of piperidine rings is 1. The van der Waals surface area contributed by atoms with Gasteiger partial charge in [-0.1, -0.05) is 25.5 Å². The molecule has 2 nitrogen and oxygen atoms in total. The van der Waals surface area contributed by atoms with Crippen LogP contribution in [0.25, 0.3) is 0 Å². The molecule has 1 heterocycles. The molecule has 0 aromatic heterocycles. The van der Waals surface area contributed by atoms with E-state index in [1.54, 1.807) is 12.1 Å². The minimum atomic E-state index is -0.762. The Balaban J connectivity index is 2.15. The van der Waals surface area contributed by atoms with Crippen LogP contribution in [-0.2, 0) is 0 Å². The van der Waals surface area contributed by atoms with Gasteiger partial charge in [-0.25, -0.2) is 8.78 Å². The summed E-state index contributed by atoms with van der Waals surface area (Å²) in [5.41, 5.74) is 0.446. The first-order valence-corrected chi connectivity index (χ1v) is 8.04. The van der Waals surface area contributed by atoms with E-state index in [1.807, 2.05) is 0 Å². The molecule has 1 saturated heterocycles. The molecule has 1 aliphatic heterocycles. The molecule has 21 heavy (non-hydrogen) atoms. The summed E-state index contributed by atoms with van der Waals surface area (Å²) in [6, 6.07) is 4.83. The molecular formula is C17H26F2N2. The Hall–Kier alpha value is -1.00. The van der Waals surface area contributed by atoms with E-state index in [0.717, 1.165) is 26.1 Å². The van der Waals surface area contributed by atoms with E-state index >= 15 is 0 Å². The van der Waals surface area contributed by atoms with Gasteiger partial charge in [0.05, 0.1) is 0 Å². The number of nitrogens with one attached hydrogen (secondary N) is 1. The lowest BCUT2D eigenvalue weighted by atomic mass is 10.00. The normalized spacial score (nSPS) is 21.4. The number of hydrogen-bond acceptors (Lipinski definition) is 2. The summed E-state index contributed by atoms with van der Waals surface area (Å²) in [6.45, 7) is 6.89. The molecule has 0 saturated carbocycles. The fourth-order valence-corrected chi connectivity index (χ4v) is 3.04. The van der Waals surface area contributed by atoms with Crippen molar-refractivity contribution >= 4 is 0 Å². The molecular weight excluding hydrogens is 270 g/mol. The number of rotatable bonds is 6. The van der Waals surface area contributed by atoms with Crippen molar-refractivity contribution in [2.45, 2.75) is 51.6 Å². The monoisotopic (exact) mass is 296 g/mol. The topological polar surface area (TPSA) is 15.3 Å². The van der Waals surface area contributed by atoms with E-state index in [2.05, 4.69) is 24.1 Å². The molecule has 1 fully saturated rings. The molecule has 0 amide bonds. The summed E-state index contributed by atoms with van der Waals surface area (Å²) in [7, 11) is 0. The molecule has 2 atom stereocenters. The van der Waals surface area contributed by atoms with Crippen LogP contribution in [0.15, 0.2) is 18.2 Å². The Morgan fingerprint density at radius 3 is 2.86 bits per heavy atom. The molecule has 0 spiro atoms. The Bertz CT molecular complexity index is 450. The zero-order valence-electron chi connectivity index (χ0n) is 13.0. The quantitative estimate of drug-likeness (QED) is 0.857. The highest BCUT2D eigenvalue weighted by atomic mass is 19.2. The van der Waals surface area contributed by atoms with Crippen LogP contribution in [0.2, 0.25) is 0 Å². The summed E-state index contributed by atoms with van der Waals surface area (Å²) < 4.78 is 27.6. The van der Waals surface area contributed by atoms with E-state index in [1.165, 1.54) is 25.3 Å². The maximum atomic E-state index is 14.1. The minimum Gasteiger partial charge on any atom is -0.309 e. The molecule has 0 radical (unpaired) electrons. The summed E-state index contributed by atoms with van der Waals surface area (Å²) >= 11 is 0. The third kappa shape index (κ3) is 4.24. The maximum Gasteiger partial charge on any atom is 0.163 e. The number of halogens is 2. The van der Waals surface area contributed by atoms with Crippen molar-refractivity contribution in [3.8, 4) is 0 Å². The molecule has 1 N–H and O–H groups in total. The van der Waals surface area contributed by atoms with Gasteiger partial charge >= 0.3 is 0 Å². The average molecular weight is 296 g/mol. The molecule has 1 aromatic carbocycles. The van der Waals surface area contributed by atoms with Crippen molar-refractivity contribution in [2.75, 3.05) is 19.6 Å². The van der Waals surface area contributed by atoms with E-state index in [9.17, 15) is 8.78 Å². The molecule has 0 aliphatic carbocycles. The molecule has 1 aromatic rings. The molecule has 2 unspecified atom stereocenters. The van der Waals surface area contributed by atoms with Crippen molar-refractivity contribution in [3.63, 3.8) is 0 Å². The van der Waals surface area contributed by atoms with Crippen LogP contribution in [0.3, 0.4) is 0 Å². The van der Waals surface area contributed by atoms with E-state index in [0.29, 0.717) is 11.6 Å². The number of likely N-dealkylation sites (tertiary alicyclic amines) is 1. The first-order chi connectivity index (χ1) is 10.1. The highest BCUT2D eigenvalue weighted by Gasteiger charge is 2.24. The van der Waals surface area contributed by atoms with Gasteiger partial charge in [-0.3, -0.25) is 4.90 Å². The smallest absolute Gasteiger partial charge is 0.163 e. The summed E-state index contributed by atoms with van der Waals surface area (Å²) in [5.74, 6) is -1.47. The summed E-state index contributed by atoms with van der Waals surface area (Å²) in [5, 5.41) is 3.37. The molecule has 1 aliphatic rings. The third-order valence-corrected chi connectivity index (χ3v) is 4.36. The minimum absolute atomic E-state index is 0.152. The highest BCUT2D eigenvalue weighted by molar-refractivity contribution is 5.23. The fourth-order valence-electron chi connectivity index (χ4n) is 3.04. The van der Waals surface area contributed by atoms with Crippen molar-refractivity contribution < 1.29 is 8.78 Å². The van der Waals surface area contributed by atoms with Crippen LogP contribution in [0.4, 0.5) is 8.78 Å². The largest absolute Gasteiger partial charge is 0.309 e. The van der Waals surface area contributed by atoms with Crippen molar-refractivity contribution in [1.29, 1.82) is 0 Å². The Morgan fingerprint density at radius 1 is 1.33 bits per heavy atom. The summed E-state index contributed by atoms with van der Waals surface area (Å²) in [4.78, 5) is 2.39. The van der Waals surface area contributed by atoms with Gasteiger partial charge in [0.1, 0.15) is 0 Å². The van der Waals surface area contributed by atoms with Crippen molar-refractivity contribution in [3.05, 3.63) is 35.4 Å². The lowest BCUT2D eigenvalue weighted by Crippen LogP contribution is -2.43. The standard InChI is InChI=1S/C17H26F2N2/c1-3-10-20-16(12-21-11-5-4-7-13(21)2)14-8-6-9-15(18)17(14)19/h6,8-9,13,16,20H,3-5,7,10-12H2,1-2H3. The second-order valence-corrected chi connectivity index (χ2v) is 5.99. The average Bonchev–Trinajstić information content (AvgIpc) is 2.48. The number of hydrogen-bond donors (Lipinski definition) is 1. The first kappa shape index (κ1) is 16.4. The van der Waals surface area contributed by atoms with Crippen LogP contribution < -0.4 is 5.32 Å². The van der Waals surface area contributed by atoms with Crippen LogP contribution in [0.1, 0.15) is 51.1 Å². The van der Waals surface area contributed by atoms with E-state index in [4.69, 9.17) is 0 Å².